The number of hydrogen-bond acceptors (Lipinski definition) is 11. The van der Waals surface area contributed by atoms with Gasteiger partial charge in [0.1, 0.15) is 18.7 Å². The zero-order chi connectivity index (χ0) is 25.3. The number of nitrogens with one attached hydrogen (secondary N) is 1. The molecule has 2 aromatic carbocycles. The number of halogens is 1. The Labute approximate surface area is 214 Å². The standard InChI is InChI=1S/C24H29ClN8O3/c1-34-20-12-16-18(13-21(20)35-2)28-14-29-22(16)33-23(26)30-24(27,31-33)15-5-6-19(17(25)11-15)36-10-9-32-7-3-4-8-32/h5-6,11-14,31H,3-4,7-10,27H2,1-2H3,(H2,26,30). The first-order valence-corrected chi connectivity index (χ1v) is 12.0. The molecular formula is C24H29ClN8O3. The second kappa shape index (κ2) is 9.94. The predicted molar refractivity (Wildman–Crippen MR) is 138 cm³/mol. The molecule has 3 heterocycles. The Morgan fingerprint density at radius 3 is 2.53 bits per heavy atom. The van der Waals surface area contributed by atoms with Gasteiger partial charge in [0.15, 0.2) is 17.3 Å². The Kier molecular flexibility index (Phi) is 6.71. The van der Waals surface area contributed by atoms with Crippen LogP contribution in [-0.2, 0) is 5.79 Å². The van der Waals surface area contributed by atoms with Crippen molar-refractivity contribution >= 4 is 34.3 Å². The number of anilines is 1. The molecular weight excluding hydrogens is 484 g/mol. The molecule has 1 aromatic heterocycles. The zero-order valence-corrected chi connectivity index (χ0v) is 21.0. The van der Waals surface area contributed by atoms with Crippen LogP contribution in [0.2, 0.25) is 5.02 Å². The van der Waals surface area contributed by atoms with E-state index in [1.807, 2.05) is 6.07 Å². The highest BCUT2D eigenvalue weighted by Gasteiger charge is 2.38. The number of fused-ring (bicyclic) bond motifs is 1. The van der Waals surface area contributed by atoms with Crippen LogP contribution in [0.15, 0.2) is 41.7 Å². The van der Waals surface area contributed by atoms with Crippen LogP contribution in [0, 0.1) is 0 Å². The number of hydrogen-bond donors (Lipinski definition) is 3. The number of aromatic nitrogens is 2. The Balaban J connectivity index is 1.37. The van der Waals surface area contributed by atoms with Crippen molar-refractivity contribution in [2.75, 3.05) is 45.5 Å². The smallest absolute Gasteiger partial charge is 0.215 e. The van der Waals surface area contributed by atoms with Gasteiger partial charge in [-0.3, -0.25) is 10.6 Å². The number of methoxy groups -OCH3 is 2. The molecule has 0 spiro atoms. The summed E-state index contributed by atoms with van der Waals surface area (Å²) < 4.78 is 16.7. The lowest BCUT2D eigenvalue weighted by Gasteiger charge is -2.26. The molecule has 2 aliphatic heterocycles. The van der Waals surface area contributed by atoms with Gasteiger partial charge in [-0.1, -0.05) is 11.6 Å². The van der Waals surface area contributed by atoms with Crippen molar-refractivity contribution in [2.24, 2.45) is 16.5 Å². The van der Waals surface area contributed by atoms with Crippen molar-refractivity contribution in [3.63, 3.8) is 0 Å². The number of aliphatic imine (C=N–C) groups is 1. The van der Waals surface area contributed by atoms with Crippen molar-refractivity contribution in [3.8, 4) is 17.2 Å². The Morgan fingerprint density at radius 1 is 1.06 bits per heavy atom. The molecule has 1 fully saturated rings. The maximum Gasteiger partial charge on any atom is 0.215 e. The summed E-state index contributed by atoms with van der Waals surface area (Å²) >= 11 is 6.53. The van der Waals surface area contributed by atoms with Gasteiger partial charge in [-0.05, 0) is 50.2 Å². The molecule has 0 bridgehead atoms. The van der Waals surface area contributed by atoms with Crippen molar-refractivity contribution in [1.29, 1.82) is 0 Å². The molecule has 5 N–H and O–H groups in total. The SMILES string of the molecule is COc1cc2ncnc(N3NC(N)(c4ccc(OCCN5CCCC5)c(Cl)c4)N=C3N)c2cc1OC. The van der Waals surface area contributed by atoms with Crippen molar-refractivity contribution < 1.29 is 14.2 Å². The molecule has 36 heavy (non-hydrogen) atoms. The summed E-state index contributed by atoms with van der Waals surface area (Å²) in [4.78, 5) is 15.6. The second-order valence-corrected chi connectivity index (χ2v) is 9.05. The van der Waals surface area contributed by atoms with E-state index in [0.29, 0.717) is 51.2 Å². The fraction of sp³-hybridized carbons (Fsp3) is 0.375. The summed E-state index contributed by atoms with van der Waals surface area (Å²) in [5.74, 6) is 0.906. The number of likely N-dealkylation sites (tertiary alicyclic amines) is 1. The average molecular weight is 513 g/mol. The molecule has 190 valence electrons. The van der Waals surface area contributed by atoms with E-state index in [1.54, 1.807) is 38.5 Å². The fourth-order valence-corrected chi connectivity index (χ4v) is 4.70. The number of nitrogens with two attached hydrogens (primary N) is 2. The topological polar surface area (TPSA) is 136 Å². The summed E-state index contributed by atoms with van der Waals surface area (Å²) in [7, 11) is 3.13. The first-order chi connectivity index (χ1) is 17.4. The van der Waals surface area contributed by atoms with Crippen LogP contribution in [0.4, 0.5) is 5.82 Å². The summed E-state index contributed by atoms with van der Waals surface area (Å²) in [5, 5.41) is 2.63. The second-order valence-electron chi connectivity index (χ2n) is 8.65. The van der Waals surface area contributed by atoms with E-state index in [-0.39, 0.29) is 5.96 Å². The van der Waals surface area contributed by atoms with Crippen LogP contribution in [0.1, 0.15) is 18.4 Å². The van der Waals surface area contributed by atoms with Crippen LogP contribution < -0.4 is 36.1 Å². The van der Waals surface area contributed by atoms with E-state index in [2.05, 4.69) is 25.3 Å². The third-order valence-electron chi connectivity index (χ3n) is 6.37. The van der Waals surface area contributed by atoms with Gasteiger partial charge < -0.3 is 19.9 Å². The Morgan fingerprint density at radius 2 is 1.81 bits per heavy atom. The van der Waals surface area contributed by atoms with Gasteiger partial charge in [-0.25, -0.2) is 20.0 Å². The van der Waals surface area contributed by atoms with Gasteiger partial charge in [-0.15, -0.1) is 0 Å². The molecule has 1 unspecified atom stereocenters. The minimum atomic E-state index is -1.37. The van der Waals surface area contributed by atoms with E-state index in [9.17, 15) is 0 Å². The molecule has 1 atom stereocenters. The van der Waals surface area contributed by atoms with Crippen molar-refractivity contribution in [1.82, 2.24) is 20.3 Å². The molecule has 3 aromatic rings. The number of benzene rings is 2. The van der Waals surface area contributed by atoms with Crippen LogP contribution in [0.25, 0.3) is 10.9 Å². The molecule has 0 amide bonds. The third-order valence-corrected chi connectivity index (χ3v) is 6.66. The van der Waals surface area contributed by atoms with E-state index < -0.39 is 5.79 Å². The first kappa shape index (κ1) is 24.3. The van der Waals surface area contributed by atoms with Crippen LogP contribution >= 0.6 is 11.6 Å². The normalized spacial score (nSPS) is 20.1. The summed E-state index contributed by atoms with van der Waals surface area (Å²) in [6.07, 6.45) is 3.92. The quantitative estimate of drug-likeness (QED) is 0.412. The number of guanidine groups is 1. The zero-order valence-electron chi connectivity index (χ0n) is 20.2. The maximum atomic E-state index is 6.63. The van der Waals surface area contributed by atoms with E-state index in [4.69, 9.17) is 37.3 Å². The third kappa shape index (κ3) is 4.58. The molecule has 5 rings (SSSR count). The Bertz CT molecular complexity index is 1300. The van der Waals surface area contributed by atoms with E-state index >= 15 is 0 Å². The highest BCUT2D eigenvalue weighted by molar-refractivity contribution is 6.32. The lowest BCUT2D eigenvalue weighted by Crippen LogP contribution is -2.53. The van der Waals surface area contributed by atoms with Gasteiger partial charge in [0.05, 0.1) is 24.8 Å². The largest absolute Gasteiger partial charge is 0.493 e. The first-order valence-electron chi connectivity index (χ1n) is 11.7. The maximum absolute atomic E-state index is 6.63. The highest BCUT2D eigenvalue weighted by atomic mass is 35.5. The van der Waals surface area contributed by atoms with Crippen LogP contribution in [-0.4, -0.2) is 61.3 Å². The number of rotatable bonds is 8. The average Bonchev–Trinajstić information content (AvgIpc) is 3.51. The van der Waals surface area contributed by atoms with Gasteiger partial charge >= 0.3 is 0 Å². The number of nitrogens with zero attached hydrogens (tertiary/aromatic N) is 5. The molecule has 12 heteroatoms. The van der Waals surface area contributed by atoms with Crippen molar-refractivity contribution in [3.05, 3.63) is 47.2 Å². The lowest BCUT2D eigenvalue weighted by atomic mass is 10.1. The van der Waals surface area contributed by atoms with Gasteiger partial charge in [0.2, 0.25) is 11.7 Å². The monoisotopic (exact) mass is 512 g/mol. The number of ether oxygens (including phenoxy) is 3. The van der Waals surface area contributed by atoms with Crippen molar-refractivity contribution in [2.45, 2.75) is 18.6 Å². The predicted octanol–water partition coefficient (Wildman–Crippen LogP) is 2.18. The van der Waals surface area contributed by atoms with Crippen LogP contribution in [0.5, 0.6) is 17.2 Å². The van der Waals surface area contributed by atoms with Crippen LogP contribution in [0.3, 0.4) is 0 Å². The summed E-state index contributed by atoms with van der Waals surface area (Å²) in [5.41, 5.74) is 17.3. The van der Waals surface area contributed by atoms with Gasteiger partial charge in [-0.2, -0.15) is 5.43 Å². The van der Waals surface area contributed by atoms with Gasteiger partial charge in [0, 0.05) is 23.6 Å². The Hall–Kier alpha value is -3.38. The molecule has 0 aliphatic carbocycles. The van der Waals surface area contributed by atoms with Gasteiger partial charge in [0.25, 0.3) is 0 Å². The minimum absolute atomic E-state index is 0.134. The molecule has 0 saturated carbocycles. The molecule has 0 radical (unpaired) electrons. The number of hydrazine groups is 1. The highest BCUT2D eigenvalue weighted by Crippen LogP contribution is 2.36. The molecule has 2 aliphatic rings. The molecule has 1 saturated heterocycles. The summed E-state index contributed by atoms with van der Waals surface area (Å²) in [6, 6.07) is 8.88. The summed E-state index contributed by atoms with van der Waals surface area (Å²) in [6.45, 7) is 3.68. The minimum Gasteiger partial charge on any atom is -0.493 e. The lowest BCUT2D eigenvalue weighted by molar-refractivity contribution is 0.237. The fourth-order valence-electron chi connectivity index (χ4n) is 4.47. The molecule has 11 nitrogen and oxygen atoms in total. The van der Waals surface area contributed by atoms with E-state index in [0.717, 1.165) is 19.6 Å². The van der Waals surface area contributed by atoms with E-state index in [1.165, 1.54) is 24.2 Å².